The Morgan fingerprint density at radius 1 is 1.37 bits per heavy atom. The third kappa shape index (κ3) is 2.32. The molecule has 1 aliphatic rings. The van der Waals surface area contributed by atoms with E-state index in [1.807, 2.05) is 46.9 Å². The summed E-state index contributed by atoms with van der Waals surface area (Å²) >= 11 is 1.98. The molecule has 1 atom stereocenters. The number of hydrogen-bond acceptors (Lipinski definition) is 4. The van der Waals surface area contributed by atoms with Gasteiger partial charge < -0.3 is 14.5 Å². The Morgan fingerprint density at radius 2 is 2.11 bits per heavy atom. The van der Waals surface area contributed by atoms with Gasteiger partial charge in [0.2, 0.25) is 0 Å². The molecule has 1 aromatic heterocycles. The molecule has 98 valence electrons. The summed E-state index contributed by atoms with van der Waals surface area (Å²) in [5.41, 5.74) is 0.548. The highest BCUT2D eigenvalue weighted by molar-refractivity contribution is 14.1. The molecule has 0 bridgehead atoms. The summed E-state index contributed by atoms with van der Waals surface area (Å²) in [7, 11) is 0. The first-order valence-electron chi connectivity index (χ1n) is 5.80. The molecular weight excluding hydrogens is 359 g/mol. The number of fused-ring (bicyclic) bond motifs is 1. The van der Waals surface area contributed by atoms with E-state index in [2.05, 4.69) is 9.97 Å². The lowest BCUT2D eigenvalue weighted by atomic mass is 10.2. The van der Waals surface area contributed by atoms with E-state index in [9.17, 15) is 4.79 Å². The van der Waals surface area contributed by atoms with Gasteiger partial charge in [0.05, 0.1) is 9.26 Å². The van der Waals surface area contributed by atoms with Gasteiger partial charge in [0, 0.05) is 0 Å². The van der Waals surface area contributed by atoms with Gasteiger partial charge in [-0.25, -0.2) is 4.98 Å². The minimum atomic E-state index is -0.390. The van der Waals surface area contributed by atoms with Crippen LogP contribution in [0.1, 0.15) is 17.6 Å². The molecule has 0 spiro atoms. The molecule has 1 aliphatic heterocycles. The van der Waals surface area contributed by atoms with Crippen LogP contribution in [0.4, 0.5) is 0 Å². The monoisotopic (exact) mass is 370 g/mol. The Bertz CT molecular complexity index is 684. The number of aryl methyl sites for hydroxylation is 1. The van der Waals surface area contributed by atoms with Crippen molar-refractivity contribution in [1.82, 2.24) is 9.97 Å². The topological polar surface area (TPSA) is 64.2 Å². The highest BCUT2D eigenvalue weighted by Gasteiger charge is 2.24. The Kier molecular flexibility index (Phi) is 3.17. The van der Waals surface area contributed by atoms with Gasteiger partial charge in [-0.15, -0.1) is 0 Å². The van der Waals surface area contributed by atoms with E-state index in [0.29, 0.717) is 33.2 Å². The number of nitrogens with one attached hydrogen (secondary N) is 1. The lowest BCUT2D eigenvalue weighted by Gasteiger charge is -2.25. The number of benzene rings is 1. The van der Waals surface area contributed by atoms with Crippen molar-refractivity contribution in [1.29, 1.82) is 0 Å². The number of H-pyrrole nitrogens is 1. The molecule has 19 heavy (non-hydrogen) atoms. The van der Waals surface area contributed by atoms with Crippen molar-refractivity contribution in [3.63, 3.8) is 0 Å². The van der Waals surface area contributed by atoms with E-state index in [4.69, 9.17) is 9.47 Å². The first-order chi connectivity index (χ1) is 9.15. The molecule has 0 saturated carbocycles. The highest BCUT2D eigenvalue weighted by atomic mass is 127. The molecule has 1 aromatic carbocycles. The van der Waals surface area contributed by atoms with Gasteiger partial charge in [0.25, 0.3) is 5.56 Å². The van der Waals surface area contributed by atoms with Crippen LogP contribution in [-0.4, -0.2) is 16.6 Å². The Hall–Kier alpha value is -1.57. The van der Waals surface area contributed by atoms with Gasteiger partial charge in [0.1, 0.15) is 6.61 Å². The lowest BCUT2D eigenvalue weighted by Crippen LogP contribution is -2.27. The normalized spacial score (nSPS) is 17.3. The summed E-state index contributed by atoms with van der Waals surface area (Å²) < 4.78 is 12.0. The summed E-state index contributed by atoms with van der Waals surface area (Å²) in [6, 6.07) is 7.44. The number of aromatic nitrogens is 2. The summed E-state index contributed by atoms with van der Waals surface area (Å²) in [6.45, 7) is 2.14. The van der Waals surface area contributed by atoms with E-state index in [0.717, 1.165) is 0 Å². The maximum atomic E-state index is 11.7. The van der Waals surface area contributed by atoms with Gasteiger partial charge >= 0.3 is 0 Å². The quantitative estimate of drug-likeness (QED) is 0.782. The molecule has 2 heterocycles. The molecule has 0 amide bonds. The van der Waals surface area contributed by atoms with Crippen molar-refractivity contribution in [2.45, 2.75) is 13.0 Å². The number of aromatic amines is 1. The fourth-order valence-electron chi connectivity index (χ4n) is 1.90. The zero-order valence-electron chi connectivity index (χ0n) is 10.1. The molecule has 3 rings (SSSR count). The van der Waals surface area contributed by atoms with Gasteiger partial charge in [-0.1, -0.05) is 12.1 Å². The molecule has 0 fully saturated rings. The smallest absolute Gasteiger partial charge is 0.264 e. The predicted molar refractivity (Wildman–Crippen MR) is 77.6 cm³/mol. The van der Waals surface area contributed by atoms with E-state index >= 15 is 0 Å². The van der Waals surface area contributed by atoms with Crippen LogP contribution in [0.15, 0.2) is 29.1 Å². The summed E-state index contributed by atoms with van der Waals surface area (Å²) in [5, 5.41) is 0. The second-order valence-corrected chi connectivity index (χ2v) is 5.29. The number of para-hydroxylation sites is 2. The van der Waals surface area contributed by atoms with Gasteiger partial charge in [0.15, 0.2) is 23.4 Å². The van der Waals surface area contributed by atoms with Crippen LogP contribution in [0, 0.1) is 10.5 Å². The number of hydrogen-bond donors (Lipinski definition) is 1. The van der Waals surface area contributed by atoms with E-state index in [1.54, 1.807) is 6.92 Å². The first kappa shape index (κ1) is 12.5. The van der Waals surface area contributed by atoms with Crippen LogP contribution in [0.3, 0.4) is 0 Å². The van der Waals surface area contributed by atoms with E-state index in [-0.39, 0.29) is 5.56 Å². The molecule has 0 radical (unpaired) electrons. The molecule has 5 nitrogen and oxygen atoms in total. The SMILES string of the molecule is Cc1nc(C2COc3ccccc3O2)[nH]c(=O)c1I. The van der Waals surface area contributed by atoms with Crippen molar-refractivity contribution in [3.05, 3.63) is 49.7 Å². The average molecular weight is 370 g/mol. The summed E-state index contributed by atoms with van der Waals surface area (Å²) in [6.07, 6.45) is -0.390. The summed E-state index contributed by atoms with van der Waals surface area (Å²) in [4.78, 5) is 18.8. The van der Waals surface area contributed by atoms with Crippen molar-refractivity contribution in [3.8, 4) is 11.5 Å². The van der Waals surface area contributed by atoms with Crippen molar-refractivity contribution in [2.75, 3.05) is 6.61 Å². The van der Waals surface area contributed by atoms with Crippen LogP contribution in [0.25, 0.3) is 0 Å². The average Bonchev–Trinajstić information content (AvgIpc) is 2.43. The third-order valence-corrected chi connectivity index (χ3v) is 4.13. The predicted octanol–water partition coefficient (Wildman–Crippen LogP) is 2.20. The fourth-order valence-corrected chi connectivity index (χ4v) is 2.16. The lowest BCUT2D eigenvalue weighted by molar-refractivity contribution is 0.0847. The van der Waals surface area contributed by atoms with Crippen LogP contribution >= 0.6 is 22.6 Å². The second-order valence-electron chi connectivity index (χ2n) is 4.21. The van der Waals surface area contributed by atoms with Crippen molar-refractivity contribution >= 4 is 22.6 Å². The number of rotatable bonds is 1. The standard InChI is InChI=1S/C13H11IN2O3/c1-7-11(14)13(17)16-12(15-7)10-6-18-8-4-2-3-5-9(8)19-10/h2-5,10H,6H2,1H3,(H,15,16,17). The molecule has 1 N–H and O–H groups in total. The first-order valence-corrected chi connectivity index (χ1v) is 6.88. The number of nitrogens with zero attached hydrogens (tertiary/aromatic N) is 1. The molecule has 1 unspecified atom stereocenters. The Balaban J connectivity index is 1.95. The highest BCUT2D eigenvalue weighted by Crippen LogP contribution is 2.34. The fraction of sp³-hybridized carbons (Fsp3) is 0.231. The van der Waals surface area contributed by atoms with Crippen LogP contribution in [-0.2, 0) is 0 Å². The largest absolute Gasteiger partial charge is 0.485 e. The maximum Gasteiger partial charge on any atom is 0.264 e. The Morgan fingerprint density at radius 3 is 2.84 bits per heavy atom. The van der Waals surface area contributed by atoms with Gasteiger partial charge in [-0.3, -0.25) is 4.79 Å². The third-order valence-electron chi connectivity index (χ3n) is 2.86. The zero-order valence-corrected chi connectivity index (χ0v) is 12.3. The second kappa shape index (κ2) is 4.84. The number of ether oxygens (including phenoxy) is 2. The number of halogens is 1. The van der Waals surface area contributed by atoms with Gasteiger partial charge in [-0.2, -0.15) is 0 Å². The maximum absolute atomic E-state index is 11.7. The van der Waals surface area contributed by atoms with Crippen LogP contribution < -0.4 is 15.0 Å². The van der Waals surface area contributed by atoms with Crippen molar-refractivity contribution < 1.29 is 9.47 Å². The minimum absolute atomic E-state index is 0.148. The van der Waals surface area contributed by atoms with Crippen LogP contribution in [0.2, 0.25) is 0 Å². The molecule has 0 aliphatic carbocycles. The van der Waals surface area contributed by atoms with E-state index < -0.39 is 6.10 Å². The van der Waals surface area contributed by atoms with E-state index in [1.165, 1.54) is 0 Å². The zero-order chi connectivity index (χ0) is 13.4. The van der Waals surface area contributed by atoms with Crippen molar-refractivity contribution in [2.24, 2.45) is 0 Å². The molecule has 6 heteroatoms. The molecule has 2 aromatic rings. The van der Waals surface area contributed by atoms with Gasteiger partial charge in [-0.05, 0) is 41.6 Å². The Labute approximate surface area is 123 Å². The molecule has 0 saturated heterocycles. The minimum Gasteiger partial charge on any atom is -0.485 e. The van der Waals surface area contributed by atoms with Crippen LogP contribution in [0.5, 0.6) is 11.5 Å². The summed E-state index contributed by atoms with van der Waals surface area (Å²) in [5.74, 6) is 1.87. The molecular formula is C13H11IN2O3.